The van der Waals surface area contributed by atoms with E-state index in [1.54, 1.807) is 6.07 Å². The molecule has 2 N–H and O–H groups in total. The highest BCUT2D eigenvalue weighted by Crippen LogP contribution is 2.20. The molecule has 0 bridgehead atoms. The van der Waals surface area contributed by atoms with Crippen molar-refractivity contribution in [1.29, 1.82) is 0 Å². The summed E-state index contributed by atoms with van der Waals surface area (Å²) in [6.07, 6.45) is 0.843. The van der Waals surface area contributed by atoms with Crippen LogP contribution in [0.1, 0.15) is 23.9 Å². The average molecular weight is 413 g/mol. The van der Waals surface area contributed by atoms with E-state index in [4.69, 9.17) is 0 Å². The van der Waals surface area contributed by atoms with Gasteiger partial charge >= 0.3 is 0 Å². The van der Waals surface area contributed by atoms with Crippen LogP contribution in [0.15, 0.2) is 71.5 Å². The number of rotatable bonds is 6. The van der Waals surface area contributed by atoms with E-state index in [1.807, 2.05) is 56.3 Å². The molecule has 4 aromatic rings. The van der Waals surface area contributed by atoms with Gasteiger partial charge in [0.05, 0.1) is 12.1 Å². The van der Waals surface area contributed by atoms with E-state index in [2.05, 4.69) is 32.5 Å². The van der Waals surface area contributed by atoms with Gasteiger partial charge in [-0.25, -0.2) is 4.98 Å². The minimum Gasteiger partial charge on any atom is -0.310 e. The zero-order valence-electron chi connectivity index (χ0n) is 17.4. The predicted molar refractivity (Wildman–Crippen MR) is 120 cm³/mol. The van der Waals surface area contributed by atoms with Crippen molar-refractivity contribution in [3.05, 3.63) is 94.0 Å². The maximum Gasteiger partial charge on any atom is 0.252 e. The molecule has 31 heavy (non-hydrogen) atoms. The van der Waals surface area contributed by atoms with Gasteiger partial charge in [-0.1, -0.05) is 61.5 Å². The number of H-pyrrole nitrogens is 1. The Morgan fingerprint density at radius 3 is 2.45 bits per heavy atom. The molecule has 7 heteroatoms. The van der Waals surface area contributed by atoms with Crippen LogP contribution in [-0.2, 0) is 17.6 Å². The monoisotopic (exact) mass is 413 g/mol. The number of hydrogen-bond acceptors (Lipinski definition) is 4. The number of anilines is 1. The van der Waals surface area contributed by atoms with Gasteiger partial charge in [0.25, 0.3) is 5.56 Å². The highest BCUT2D eigenvalue weighted by molar-refractivity contribution is 5.91. The molecule has 0 aliphatic rings. The van der Waals surface area contributed by atoms with Crippen molar-refractivity contribution in [2.24, 2.45) is 0 Å². The molecule has 2 aromatic carbocycles. The highest BCUT2D eigenvalue weighted by Gasteiger charge is 2.14. The van der Waals surface area contributed by atoms with Gasteiger partial charge in [0.1, 0.15) is 5.82 Å². The molecule has 0 unspecified atom stereocenters. The largest absolute Gasteiger partial charge is 0.310 e. The lowest BCUT2D eigenvalue weighted by atomic mass is 10.0. The van der Waals surface area contributed by atoms with E-state index in [0.717, 1.165) is 16.7 Å². The molecule has 0 aliphatic carbocycles. The quantitative estimate of drug-likeness (QED) is 0.504. The number of carbonyl (C=O) groups is 1. The van der Waals surface area contributed by atoms with Gasteiger partial charge < -0.3 is 5.32 Å². The molecular formula is C24H23N5O2. The number of carbonyl (C=O) groups excluding carboxylic acids is 1. The molecule has 0 spiro atoms. The van der Waals surface area contributed by atoms with Crippen molar-refractivity contribution < 1.29 is 4.79 Å². The van der Waals surface area contributed by atoms with E-state index in [9.17, 15) is 9.59 Å². The molecular weight excluding hydrogens is 390 g/mol. The number of aromatic nitrogens is 4. The fraction of sp³-hybridized carbons (Fsp3) is 0.167. The van der Waals surface area contributed by atoms with Crippen molar-refractivity contribution in [2.75, 3.05) is 5.32 Å². The van der Waals surface area contributed by atoms with Crippen molar-refractivity contribution in [3.8, 4) is 17.1 Å². The number of hydrogen-bond donors (Lipinski definition) is 2. The maximum absolute atomic E-state index is 12.7. The summed E-state index contributed by atoms with van der Waals surface area (Å²) in [5, 5.41) is 7.25. The number of benzene rings is 2. The molecule has 0 fully saturated rings. The van der Waals surface area contributed by atoms with Crippen molar-refractivity contribution in [1.82, 2.24) is 19.7 Å². The standard InChI is InChI=1S/C24H23N5O2/c1-3-20-15-23(31)27-24(25-20)29-21(13-16(2)28-29)26-22(30)14-17-9-11-19(12-10-17)18-7-5-4-6-8-18/h4-13,15H,3,14H2,1-2H3,(H,26,30)(H,25,27,31). The summed E-state index contributed by atoms with van der Waals surface area (Å²) in [6, 6.07) is 21.2. The van der Waals surface area contributed by atoms with E-state index >= 15 is 0 Å². The van der Waals surface area contributed by atoms with Gasteiger partial charge in [-0.3, -0.25) is 14.6 Å². The molecule has 0 saturated heterocycles. The first-order valence-electron chi connectivity index (χ1n) is 10.1. The van der Waals surface area contributed by atoms with Crippen molar-refractivity contribution >= 4 is 11.7 Å². The molecule has 2 aromatic heterocycles. The zero-order chi connectivity index (χ0) is 21.8. The molecule has 4 rings (SSSR count). The fourth-order valence-electron chi connectivity index (χ4n) is 3.34. The summed E-state index contributed by atoms with van der Waals surface area (Å²) in [6.45, 7) is 3.74. The Labute approximate surface area is 179 Å². The Hall–Kier alpha value is -4.00. The molecule has 0 radical (unpaired) electrons. The lowest BCUT2D eigenvalue weighted by Crippen LogP contribution is -2.20. The first-order chi connectivity index (χ1) is 15.0. The third-order valence-electron chi connectivity index (χ3n) is 4.87. The van der Waals surface area contributed by atoms with Crippen LogP contribution in [-0.4, -0.2) is 25.7 Å². The number of aryl methyl sites for hydroxylation is 2. The van der Waals surface area contributed by atoms with Crippen LogP contribution >= 0.6 is 0 Å². The first kappa shape index (κ1) is 20.3. The minimum absolute atomic E-state index is 0.178. The van der Waals surface area contributed by atoms with Crippen LogP contribution < -0.4 is 10.9 Å². The summed E-state index contributed by atoms with van der Waals surface area (Å²) in [4.78, 5) is 31.7. The normalized spacial score (nSPS) is 10.8. The summed E-state index contributed by atoms with van der Waals surface area (Å²) >= 11 is 0. The smallest absolute Gasteiger partial charge is 0.252 e. The average Bonchev–Trinajstić information content (AvgIpc) is 3.14. The number of nitrogens with zero attached hydrogens (tertiary/aromatic N) is 3. The van der Waals surface area contributed by atoms with Crippen molar-refractivity contribution in [3.63, 3.8) is 0 Å². The fourth-order valence-corrected chi connectivity index (χ4v) is 3.34. The molecule has 1 amide bonds. The predicted octanol–water partition coefficient (Wildman–Crippen LogP) is 3.67. The Bertz CT molecular complexity index is 1260. The number of nitrogens with one attached hydrogen (secondary N) is 2. The third kappa shape index (κ3) is 4.78. The molecule has 0 aliphatic heterocycles. The highest BCUT2D eigenvalue weighted by atomic mass is 16.1. The summed E-state index contributed by atoms with van der Waals surface area (Å²) in [5.41, 5.74) is 4.23. The van der Waals surface area contributed by atoms with Crippen molar-refractivity contribution in [2.45, 2.75) is 26.7 Å². The second-order valence-corrected chi connectivity index (χ2v) is 7.28. The lowest BCUT2D eigenvalue weighted by Gasteiger charge is -2.09. The van der Waals surface area contributed by atoms with Crippen LogP contribution in [0.3, 0.4) is 0 Å². The van der Waals surface area contributed by atoms with Gasteiger partial charge in [0.2, 0.25) is 11.9 Å². The molecule has 0 saturated carbocycles. The van der Waals surface area contributed by atoms with E-state index in [0.29, 0.717) is 23.6 Å². The van der Waals surface area contributed by atoms with Crippen LogP contribution in [0.5, 0.6) is 0 Å². The first-order valence-corrected chi connectivity index (χ1v) is 10.1. The minimum atomic E-state index is -0.259. The molecule has 2 heterocycles. The van der Waals surface area contributed by atoms with E-state index < -0.39 is 0 Å². The topological polar surface area (TPSA) is 92.7 Å². The van der Waals surface area contributed by atoms with Crippen LogP contribution in [0.4, 0.5) is 5.82 Å². The second-order valence-electron chi connectivity index (χ2n) is 7.28. The van der Waals surface area contributed by atoms with Crippen LogP contribution in [0.25, 0.3) is 17.1 Å². The third-order valence-corrected chi connectivity index (χ3v) is 4.87. The Kier molecular flexibility index (Phi) is 5.75. The van der Waals surface area contributed by atoms with Crippen LogP contribution in [0, 0.1) is 6.92 Å². The summed E-state index contributed by atoms with van der Waals surface area (Å²) < 4.78 is 1.45. The zero-order valence-corrected chi connectivity index (χ0v) is 17.4. The number of aromatic amines is 1. The van der Waals surface area contributed by atoms with Gasteiger partial charge in [0, 0.05) is 17.8 Å². The lowest BCUT2D eigenvalue weighted by molar-refractivity contribution is -0.115. The Morgan fingerprint density at radius 2 is 1.74 bits per heavy atom. The van der Waals surface area contributed by atoms with E-state index in [1.165, 1.54) is 10.7 Å². The van der Waals surface area contributed by atoms with Crippen LogP contribution in [0.2, 0.25) is 0 Å². The number of amides is 1. The van der Waals surface area contributed by atoms with Gasteiger partial charge in [0.15, 0.2) is 0 Å². The molecule has 0 atom stereocenters. The SMILES string of the molecule is CCc1cc(=O)[nH]c(-n2nc(C)cc2NC(=O)Cc2ccc(-c3ccccc3)cc2)n1. The molecule has 156 valence electrons. The Morgan fingerprint density at radius 1 is 1.03 bits per heavy atom. The maximum atomic E-state index is 12.7. The van der Waals surface area contributed by atoms with E-state index in [-0.39, 0.29) is 23.8 Å². The second kappa shape index (κ2) is 8.79. The van der Waals surface area contributed by atoms with Gasteiger partial charge in [-0.2, -0.15) is 9.78 Å². The van der Waals surface area contributed by atoms with Gasteiger partial charge in [-0.05, 0) is 30.0 Å². The summed E-state index contributed by atoms with van der Waals surface area (Å²) in [5.74, 6) is 0.558. The summed E-state index contributed by atoms with van der Waals surface area (Å²) in [7, 11) is 0. The molecule has 7 nitrogen and oxygen atoms in total. The Balaban J connectivity index is 1.51. The van der Waals surface area contributed by atoms with Gasteiger partial charge in [-0.15, -0.1) is 0 Å².